The number of amides is 2. The molecular formula is C16H15Br2NO6S. The minimum Gasteiger partial charge on any atom is -0.503 e. The van der Waals surface area contributed by atoms with Crippen LogP contribution in [0.2, 0.25) is 0 Å². The number of imide groups is 1. The number of nitrogens with zero attached hydrogens (tertiary/aromatic N) is 1. The number of carbonyl (C=O) groups excluding carboxylic acids is 3. The van der Waals surface area contributed by atoms with Gasteiger partial charge in [-0.1, -0.05) is 0 Å². The van der Waals surface area contributed by atoms with E-state index in [0.717, 1.165) is 16.7 Å². The van der Waals surface area contributed by atoms with E-state index in [1.165, 1.54) is 20.1 Å². The maximum absolute atomic E-state index is 12.6. The predicted molar refractivity (Wildman–Crippen MR) is 104 cm³/mol. The Bertz CT molecular complexity index is 810. The number of methoxy groups -OCH3 is 1. The van der Waals surface area contributed by atoms with Crippen LogP contribution in [0.25, 0.3) is 6.08 Å². The van der Waals surface area contributed by atoms with E-state index in [2.05, 4.69) is 36.6 Å². The van der Waals surface area contributed by atoms with Crippen molar-refractivity contribution in [3.63, 3.8) is 0 Å². The lowest BCUT2D eigenvalue weighted by atomic mass is 10.1. The summed E-state index contributed by atoms with van der Waals surface area (Å²) in [6.07, 6.45) is 1.49. The van der Waals surface area contributed by atoms with Crippen LogP contribution in [-0.2, 0) is 14.3 Å². The Morgan fingerprint density at radius 1 is 1.38 bits per heavy atom. The second-order valence-electron chi connectivity index (χ2n) is 5.12. The van der Waals surface area contributed by atoms with Crippen LogP contribution in [-0.4, -0.2) is 46.9 Å². The van der Waals surface area contributed by atoms with Gasteiger partial charge in [-0.15, -0.1) is 0 Å². The summed E-state index contributed by atoms with van der Waals surface area (Å²) < 4.78 is 10.8. The summed E-state index contributed by atoms with van der Waals surface area (Å²) in [7, 11) is 1.19. The monoisotopic (exact) mass is 507 g/mol. The number of rotatable bonds is 5. The highest BCUT2D eigenvalue weighted by Gasteiger charge is 2.41. The minimum atomic E-state index is -1.02. The van der Waals surface area contributed by atoms with Gasteiger partial charge in [-0.3, -0.25) is 14.5 Å². The van der Waals surface area contributed by atoms with Gasteiger partial charge in [0.25, 0.3) is 11.1 Å². The molecule has 26 heavy (non-hydrogen) atoms. The molecule has 1 aromatic rings. The molecule has 1 saturated heterocycles. The number of phenolic OH excluding ortho intramolecular Hbond substituents is 1. The molecule has 0 bridgehead atoms. The molecule has 1 atom stereocenters. The van der Waals surface area contributed by atoms with Gasteiger partial charge in [0.2, 0.25) is 0 Å². The third-order valence-electron chi connectivity index (χ3n) is 3.51. The number of thioether (sulfide) groups is 1. The maximum atomic E-state index is 12.6. The molecule has 0 saturated carbocycles. The number of hydrogen-bond donors (Lipinski definition) is 1. The molecule has 0 unspecified atom stereocenters. The van der Waals surface area contributed by atoms with Gasteiger partial charge in [0.15, 0.2) is 11.5 Å². The van der Waals surface area contributed by atoms with E-state index in [1.54, 1.807) is 13.0 Å². The van der Waals surface area contributed by atoms with Gasteiger partial charge in [0, 0.05) is 4.47 Å². The van der Waals surface area contributed by atoms with Crippen molar-refractivity contribution in [2.45, 2.75) is 19.9 Å². The lowest BCUT2D eigenvalue weighted by Gasteiger charge is -2.18. The van der Waals surface area contributed by atoms with Crippen LogP contribution in [0.5, 0.6) is 11.5 Å². The summed E-state index contributed by atoms with van der Waals surface area (Å²) >= 11 is 7.31. The van der Waals surface area contributed by atoms with E-state index in [-0.39, 0.29) is 16.4 Å². The normalized spacial score (nSPS) is 17.0. The van der Waals surface area contributed by atoms with Crippen LogP contribution < -0.4 is 4.74 Å². The van der Waals surface area contributed by atoms with Crippen LogP contribution in [0.1, 0.15) is 19.4 Å². The Kier molecular flexibility index (Phi) is 6.75. The fourth-order valence-electron chi connectivity index (χ4n) is 2.21. The third-order valence-corrected chi connectivity index (χ3v) is 6.56. The van der Waals surface area contributed by atoms with Gasteiger partial charge in [-0.25, -0.2) is 4.79 Å². The second kappa shape index (κ2) is 8.45. The number of halogens is 2. The summed E-state index contributed by atoms with van der Waals surface area (Å²) in [5.74, 6) is -1.12. The highest BCUT2D eigenvalue weighted by atomic mass is 79.9. The molecule has 140 valence electrons. The Labute approximate surface area is 171 Å². The van der Waals surface area contributed by atoms with Crippen molar-refractivity contribution in [1.82, 2.24) is 4.90 Å². The zero-order chi connectivity index (χ0) is 19.6. The summed E-state index contributed by atoms with van der Waals surface area (Å²) in [6.45, 7) is 3.54. The zero-order valence-electron chi connectivity index (χ0n) is 14.0. The summed E-state index contributed by atoms with van der Waals surface area (Å²) in [5, 5.41) is 9.53. The standard InChI is InChI=1S/C16H15Br2NO6S/c1-4-25-9-5-8(11(17)12(18)13(9)20)6-10-14(21)19(16(23)26-10)7(2)15(22)24-3/h5-7,20H,4H2,1-3H3/b10-6+/t7-/m0/s1. The van der Waals surface area contributed by atoms with E-state index >= 15 is 0 Å². The second-order valence-corrected chi connectivity index (χ2v) is 7.70. The van der Waals surface area contributed by atoms with Gasteiger partial charge in [-0.05, 0) is 75.2 Å². The van der Waals surface area contributed by atoms with Crippen molar-refractivity contribution in [3.05, 3.63) is 25.5 Å². The third kappa shape index (κ3) is 3.91. The van der Waals surface area contributed by atoms with Crippen LogP contribution in [0.3, 0.4) is 0 Å². The fourth-order valence-corrected chi connectivity index (χ4v) is 3.95. The summed E-state index contributed by atoms with van der Waals surface area (Å²) in [4.78, 5) is 37.4. The first-order chi connectivity index (χ1) is 12.2. The molecule has 2 rings (SSSR count). The number of phenols is 1. The number of benzene rings is 1. The average molecular weight is 509 g/mol. The molecule has 1 aromatic carbocycles. The molecule has 1 aliphatic heterocycles. The lowest BCUT2D eigenvalue weighted by Crippen LogP contribution is -2.42. The van der Waals surface area contributed by atoms with Gasteiger partial charge in [0.05, 0.1) is 23.1 Å². The minimum absolute atomic E-state index is 0.0803. The molecule has 1 fully saturated rings. The first kappa shape index (κ1) is 20.8. The average Bonchev–Trinajstić information content (AvgIpc) is 2.89. The molecule has 1 N–H and O–H groups in total. The fraction of sp³-hybridized carbons (Fsp3) is 0.312. The van der Waals surface area contributed by atoms with Crippen LogP contribution >= 0.6 is 43.6 Å². The molecule has 0 aromatic heterocycles. The Morgan fingerprint density at radius 3 is 2.62 bits per heavy atom. The first-order valence-corrected chi connectivity index (χ1v) is 9.81. The van der Waals surface area contributed by atoms with E-state index in [9.17, 15) is 19.5 Å². The molecule has 1 heterocycles. The van der Waals surface area contributed by atoms with Crippen LogP contribution in [0, 0.1) is 0 Å². The van der Waals surface area contributed by atoms with E-state index in [4.69, 9.17) is 4.74 Å². The van der Waals surface area contributed by atoms with Gasteiger partial charge < -0.3 is 14.6 Å². The number of hydrogen-bond acceptors (Lipinski definition) is 7. The molecule has 0 radical (unpaired) electrons. The maximum Gasteiger partial charge on any atom is 0.328 e. The van der Waals surface area contributed by atoms with E-state index in [0.29, 0.717) is 21.1 Å². The zero-order valence-corrected chi connectivity index (χ0v) is 18.0. The highest BCUT2D eigenvalue weighted by molar-refractivity contribution is 9.13. The molecule has 7 nitrogen and oxygen atoms in total. The summed E-state index contributed by atoms with van der Waals surface area (Å²) in [5.41, 5.74) is 0.523. The van der Waals surface area contributed by atoms with Gasteiger partial charge in [0.1, 0.15) is 6.04 Å². The van der Waals surface area contributed by atoms with Crippen molar-refractivity contribution in [2.75, 3.05) is 13.7 Å². The van der Waals surface area contributed by atoms with Crippen molar-refractivity contribution < 1.29 is 29.0 Å². The smallest absolute Gasteiger partial charge is 0.328 e. The van der Waals surface area contributed by atoms with E-state index < -0.39 is 23.2 Å². The van der Waals surface area contributed by atoms with Crippen molar-refractivity contribution in [1.29, 1.82) is 0 Å². The number of esters is 1. The van der Waals surface area contributed by atoms with Crippen molar-refractivity contribution >= 4 is 66.8 Å². The topological polar surface area (TPSA) is 93.1 Å². The lowest BCUT2D eigenvalue weighted by molar-refractivity contribution is -0.148. The number of ether oxygens (including phenoxy) is 2. The molecule has 2 amide bonds. The predicted octanol–water partition coefficient (Wildman–Crippen LogP) is 3.91. The van der Waals surface area contributed by atoms with Gasteiger partial charge in [-0.2, -0.15) is 0 Å². The van der Waals surface area contributed by atoms with Crippen LogP contribution in [0.15, 0.2) is 19.9 Å². The number of aromatic hydroxyl groups is 1. The summed E-state index contributed by atoms with van der Waals surface area (Å²) in [6, 6.07) is 0.526. The van der Waals surface area contributed by atoms with Crippen molar-refractivity contribution in [3.8, 4) is 11.5 Å². The molecule has 0 aliphatic carbocycles. The largest absolute Gasteiger partial charge is 0.503 e. The molecule has 0 spiro atoms. The molecular weight excluding hydrogens is 494 g/mol. The highest BCUT2D eigenvalue weighted by Crippen LogP contribution is 2.44. The first-order valence-electron chi connectivity index (χ1n) is 7.41. The molecule has 1 aliphatic rings. The molecule has 10 heteroatoms. The Balaban J connectivity index is 2.43. The SMILES string of the molecule is CCOc1cc(/C=C2/SC(=O)N([C@@H](C)C(=O)OC)C2=O)c(Br)c(Br)c1O. The quantitative estimate of drug-likeness (QED) is 0.476. The van der Waals surface area contributed by atoms with Gasteiger partial charge >= 0.3 is 5.97 Å². The number of carbonyl (C=O) groups is 3. The Morgan fingerprint density at radius 2 is 2.04 bits per heavy atom. The van der Waals surface area contributed by atoms with Crippen molar-refractivity contribution in [2.24, 2.45) is 0 Å². The van der Waals surface area contributed by atoms with E-state index in [1.807, 2.05) is 0 Å². The Hall–Kier alpha value is -1.52. The van der Waals surface area contributed by atoms with Crippen LogP contribution in [0.4, 0.5) is 4.79 Å².